The predicted molar refractivity (Wildman–Crippen MR) is 164 cm³/mol. The highest BCUT2D eigenvalue weighted by Gasteiger charge is 2.57. The summed E-state index contributed by atoms with van der Waals surface area (Å²) in [5.74, 6) is -2.95. The summed E-state index contributed by atoms with van der Waals surface area (Å²) in [5.41, 5.74) is 1.94. The maximum absolute atomic E-state index is 14.1. The summed E-state index contributed by atoms with van der Waals surface area (Å²) in [7, 11) is 0. The van der Waals surface area contributed by atoms with Gasteiger partial charge in [-0.25, -0.2) is 9.97 Å². The van der Waals surface area contributed by atoms with Crippen LogP contribution in [-0.4, -0.2) is 103 Å². The number of amides is 2. The Hall–Kier alpha value is -4.80. The zero-order valence-corrected chi connectivity index (χ0v) is 26.3. The van der Waals surface area contributed by atoms with Crippen molar-refractivity contribution >= 4 is 28.9 Å². The van der Waals surface area contributed by atoms with E-state index < -0.39 is 41.4 Å². The van der Waals surface area contributed by atoms with E-state index in [2.05, 4.69) is 25.4 Å². The third-order valence-corrected chi connectivity index (χ3v) is 9.53. The molecule has 2 aliphatic carbocycles. The molecule has 5 heterocycles. The summed E-state index contributed by atoms with van der Waals surface area (Å²) in [6.45, 7) is 4.91. The number of aromatic hydroxyl groups is 1. The second kappa shape index (κ2) is 12.0. The number of alkyl halides is 3. The monoisotopic (exact) mass is 669 g/mol. The van der Waals surface area contributed by atoms with Gasteiger partial charge in [0.15, 0.2) is 17.3 Å². The molecule has 3 aromatic rings. The van der Waals surface area contributed by atoms with Crippen molar-refractivity contribution in [3.8, 4) is 5.75 Å². The number of aryl methyl sites for hydroxylation is 1. The molecule has 2 fully saturated rings. The number of hydrogen-bond donors (Lipinski definition) is 2. The lowest BCUT2D eigenvalue weighted by molar-refractivity contribution is -0.177. The van der Waals surface area contributed by atoms with Crippen LogP contribution in [0.4, 0.5) is 18.9 Å². The van der Waals surface area contributed by atoms with Gasteiger partial charge >= 0.3 is 6.18 Å². The first-order chi connectivity index (χ1) is 23.0. The Morgan fingerprint density at radius 2 is 1.94 bits per heavy atom. The molecule has 7 rings (SSSR count). The van der Waals surface area contributed by atoms with E-state index in [-0.39, 0.29) is 62.1 Å². The van der Waals surface area contributed by atoms with Crippen molar-refractivity contribution in [3.63, 3.8) is 0 Å². The van der Waals surface area contributed by atoms with Crippen molar-refractivity contribution in [1.82, 2.24) is 39.3 Å². The number of piperazine rings is 1. The number of halogens is 3. The molecule has 0 spiro atoms. The van der Waals surface area contributed by atoms with Crippen LogP contribution in [0.2, 0.25) is 0 Å². The Kier molecular flexibility index (Phi) is 7.96. The SMILES string of the molecule is CCc1c(N2CCN(C(=O)c3ncnc(C)c3O)CC2)c(=O)n2nc(C3=CCOCC3)nc2n1CC(=O)N[C@@H]1C[C@H](C(F)(F)F)[C@@H]2C=C21. The van der Waals surface area contributed by atoms with Crippen LogP contribution < -0.4 is 15.8 Å². The van der Waals surface area contributed by atoms with Crippen LogP contribution in [-0.2, 0) is 22.5 Å². The summed E-state index contributed by atoms with van der Waals surface area (Å²) >= 11 is 0. The molecule has 3 atom stereocenters. The fourth-order valence-corrected chi connectivity index (χ4v) is 6.96. The van der Waals surface area contributed by atoms with Gasteiger partial charge in [0, 0.05) is 32.1 Å². The highest BCUT2D eigenvalue weighted by Crippen LogP contribution is 2.54. The normalized spacial score (nSPS) is 22.4. The minimum Gasteiger partial charge on any atom is -0.504 e. The number of hydrogen-bond acceptors (Lipinski definition) is 10. The number of anilines is 1. The van der Waals surface area contributed by atoms with Gasteiger partial charge in [-0.2, -0.15) is 22.7 Å². The van der Waals surface area contributed by atoms with E-state index in [0.29, 0.717) is 48.8 Å². The van der Waals surface area contributed by atoms with Gasteiger partial charge in [0.2, 0.25) is 11.7 Å². The molecular formula is C31H34F3N9O5. The first kappa shape index (κ1) is 31.8. The number of carbonyl (C=O) groups excluding carboxylic acids is 2. The molecule has 14 nitrogen and oxygen atoms in total. The lowest BCUT2D eigenvalue weighted by atomic mass is 10.0. The number of allylic oxidation sites excluding steroid dienone is 1. The predicted octanol–water partition coefficient (Wildman–Crippen LogP) is 1.65. The molecule has 0 unspecified atom stereocenters. The van der Waals surface area contributed by atoms with Crippen molar-refractivity contribution in [1.29, 1.82) is 0 Å². The smallest absolute Gasteiger partial charge is 0.392 e. The summed E-state index contributed by atoms with van der Waals surface area (Å²) in [5, 5.41) is 17.7. The molecule has 17 heteroatoms. The van der Waals surface area contributed by atoms with Gasteiger partial charge in [-0.3, -0.25) is 14.4 Å². The highest BCUT2D eigenvalue weighted by molar-refractivity contribution is 5.95. The average molecular weight is 670 g/mol. The second-order valence-corrected chi connectivity index (χ2v) is 12.4. The minimum absolute atomic E-state index is 0.102. The van der Waals surface area contributed by atoms with Crippen LogP contribution in [0.1, 0.15) is 47.5 Å². The molecule has 1 saturated carbocycles. The van der Waals surface area contributed by atoms with Crippen LogP contribution >= 0.6 is 0 Å². The van der Waals surface area contributed by atoms with E-state index in [1.54, 1.807) is 17.6 Å². The zero-order chi connectivity index (χ0) is 33.9. The Bertz CT molecular complexity index is 1930. The molecule has 2 amide bonds. The van der Waals surface area contributed by atoms with Crippen molar-refractivity contribution in [2.75, 3.05) is 44.3 Å². The summed E-state index contributed by atoms with van der Waals surface area (Å²) in [6, 6.07) is -0.710. The van der Waals surface area contributed by atoms with Crippen molar-refractivity contribution < 1.29 is 32.6 Å². The van der Waals surface area contributed by atoms with Gasteiger partial charge in [0.05, 0.1) is 36.6 Å². The maximum Gasteiger partial charge on any atom is 0.392 e. The molecule has 4 aliphatic rings. The van der Waals surface area contributed by atoms with Crippen LogP contribution in [0.15, 0.2) is 28.8 Å². The van der Waals surface area contributed by atoms with Crippen LogP contribution in [0.5, 0.6) is 5.75 Å². The molecule has 0 aromatic carbocycles. The summed E-state index contributed by atoms with van der Waals surface area (Å²) in [4.78, 5) is 56.7. The number of aromatic nitrogens is 6. The molecule has 48 heavy (non-hydrogen) atoms. The molecule has 2 aliphatic heterocycles. The largest absolute Gasteiger partial charge is 0.504 e. The topological polar surface area (TPSA) is 160 Å². The summed E-state index contributed by atoms with van der Waals surface area (Å²) < 4.78 is 48.7. The first-order valence-electron chi connectivity index (χ1n) is 15.9. The number of fused-ring (bicyclic) bond motifs is 2. The number of carbonyl (C=O) groups is 2. The lowest BCUT2D eigenvalue weighted by Crippen LogP contribution is -2.51. The fourth-order valence-electron chi connectivity index (χ4n) is 6.96. The van der Waals surface area contributed by atoms with Crippen molar-refractivity contribution in [2.45, 2.75) is 51.9 Å². The third-order valence-electron chi connectivity index (χ3n) is 9.53. The number of ether oxygens (including phenoxy) is 1. The number of nitrogens with one attached hydrogen (secondary N) is 1. The van der Waals surface area contributed by atoms with E-state index >= 15 is 0 Å². The van der Waals surface area contributed by atoms with Crippen LogP contribution in [0, 0.1) is 18.8 Å². The Morgan fingerprint density at radius 1 is 1.17 bits per heavy atom. The second-order valence-electron chi connectivity index (χ2n) is 12.4. The van der Waals surface area contributed by atoms with Crippen molar-refractivity contribution in [2.24, 2.45) is 11.8 Å². The zero-order valence-electron chi connectivity index (χ0n) is 26.3. The Labute approximate surface area is 271 Å². The standard InChI is InChI=1S/C31H34F3N9O5/c1-3-22-25(40-6-8-41(9-7-40)28(46)24-26(45)16(2)35-15-36-24)29(47)43-30(38-27(39-43)17-4-10-48-11-5-17)42(22)14-23(44)37-21-13-20(31(32,33)34)18-12-19(18)21/h4,12,15,18,20-21,45H,3,5-11,13-14H2,1-2H3,(H,37,44)/t18-,20+,21-/m1/s1. The Balaban J connectivity index is 1.20. The molecule has 1 saturated heterocycles. The third kappa shape index (κ3) is 5.58. The van der Waals surface area contributed by atoms with Gasteiger partial charge in [-0.1, -0.05) is 19.1 Å². The van der Waals surface area contributed by atoms with E-state index in [9.17, 15) is 32.7 Å². The molecule has 254 valence electrons. The fraction of sp³-hybridized carbons (Fsp3) is 0.516. The van der Waals surface area contributed by atoms with Gasteiger partial charge in [-0.05, 0) is 37.3 Å². The van der Waals surface area contributed by atoms with E-state index in [0.717, 1.165) is 5.57 Å². The number of nitrogens with zero attached hydrogens (tertiary/aromatic N) is 8. The van der Waals surface area contributed by atoms with Gasteiger partial charge < -0.3 is 29.5 Å². The van der Waals surface area contributed by atoms with E-state index in [1.807, 2.05) is 17.9 Å². The quantitative estimate of drug-likeness (QED) is 0.354. The molecule has 0 bridgehead atoms. The minimum atomic E-state index is -4.35. The van der Waals surface area contributed by atoms with Gasteiger partial charge in [0.1, 0.15) is 18.6 Å². The van der Waals surface area contributed by atoms with Crippen molar-refractivity contribution in [3.05, 3.63) is 57.3 Å². The number of rotatable bonds is 7. The molecular weight excluding hydrogens is 635 g/mol. The van der Waals surface area contributed by atoms with Crippen LogP contribution in [0.25, 0.3) is 11.4 Å². The van der Waals surface area contributed by atoms with Gasteiger partial charge in [0.25, 0.3) is 11.5 Å². The maximum atomic E-state index is 14.1. The lowest BCUT2D eigenvalue weighted by Gasteiger charge is -2.36. The Morgan fingerprint density at radius 3 is 2.60 bits per heavy atom. The van der Waals surface area contributed by atoms with Gasteiger partial charge in [-0.15, -0.1) is 5.10 Å². The first-order valence-corrected chi connectivity index (χ1v) is 15.9. The van der Waals surface area contributed by atoms with E-state index in [4.69, 9.17) is 4.74 Å². The highest BCUT2D eigenvalue weighted by atomic mass is 19.4. The van der Waals surface area contributed by atoms with E-state index in [1.165, 1.54) is 15.7 Å². The molecule has 3 aromatic heterocycles. The summed E-state index contributed by atoms with van der Waals surface area (Å²) in [6.07, 6.45) is 0.913. The average Bonchev–Trinajstić information content (AvgIpc) is 3.57. The van der Waals surface area contributed by atoms with Crippen LogP contribution in [0.3, 0.4) is 0 Å². The molecule has 2 N–H and O–H groups in total. The molecule has 0 radical (unpaired) electrons.